The topological polar surface area (TPSA) is 82.1 Å². The lowest BCUT2D eigenvalue weighted by atomic mass is 10.3. The Morgan fingerprint density at radius 2 is 1.59 bits per heavy atom. The third-order valence-corrected chi connectivity index (χ3v) is 6.24. The molecule has 3 aromatic rings. The zero-order valence-corrected chi connectivity index (χ0v) is 18.9. The summed E-state index contributed by atoms with van der Waals surface area (Å²) in [6, 6.07) is 21.5. The predicted molar refractivity (Wildman–Crippen MR) is 121 cm³/mol. The van der Waals surface area contributed by atoms with Gasteiger partial charge in [0.2, 0.25) is 0 Å². The number of hydrogen-bond acceptors (Lipinski definition) is 6. The van der Waals surface area contributed by atoms with E-state index in [4.69, 9.17) is 25.8 Å². The van der Waals surface area contributed by atoms with Crippen LogP contribution in [0.4, 0.5) is 4.79 Å². The summed E-state index contributed by atoms with van der Waals surface area (Å²) in [4.78, 5) is 12.3. The Morgan fingerprint density at radius 3 is 2.25 bits per heavy atom. The van der Waals surface area contributed by atoms with Gasteiger partial charge in [-0.1, -0.05) is 35.9 Å². The number of carbonyl (C=O) groups is 1. The summed E-state index contributed by atoms with van der Waals surface area (Å²) in [5.74, 6) is 1.67. The minimum Gasteiger partial charge on any atom is -0.492 e. The van der Waals surface area contributed by atoms with E-state index in [1.165, 1.54) is 12.1 Å². The molecule has 0 spiro atoms. The molecule has 0 unspecified atom stereocenters. The van der Waals surface area contributed by atoms with Gasteiger partial charge in [0.15, 0.2) is 0 Å². The number of sulfonamides is 1. The summed E-state index contributed by atoms with van der Waals surface area (Å²) in [7, 11) is -4.07. The smallest absolute Gasteiger partial charge is 0.423 e. The van der Waals surface area contributed by atoms with Gasteiger partial charge in [0.25, 0.3) is 10.0 Å². The lowest BCUT2D eigenvalue weighted by molar-refractivity contribution is 0.126. The summed E-state index contributed by atoms with van der Waals surface area (Å²) in [5, 5.41) is 0.569. The first-order valence-corrected chi connectivity index (χ1v) is 11.6. The van der Waals surface area contributed by atoms with E-state index >= 15 is 0 Å². The molecule has 1 amide bonds. The molecule has 0 aromatic heterocycles. The molecular weight excluding hydrogens is 454 g/mol. The lowest BCUT2D eigenvalue weighted by Gasteiger charge is -2.21. The van der Waals surface area contributed by atoms with E-state index in [1.54, 1.807) is 73.7 Å². The second kappa shape index (κ2) is 10.9. The molecule has 0 aliphatic rings. The van der Waals surface area contributed by atoms with Gasteiger partial charge in [0.05, 0.1) is 18.0 Å². The predicted octanol–water partition coefficient (Wildman–Crippen LogP) is 5.36. The number of nitrogens with zero attached hydrogens (tertiary/aromatic N) is 1. The van der Waals surface area contributed by atoms with Crippen molar-refractivity contribution in [2.24, 2.45) is 0 Å². The largest absolute Gasteiger partial charge is 0.492 e. The molecule has 0 atom stereocenters. The third-order valence-electron chi connectivity index (χ3n) is 4.22. The molecule has 0 aliphatic heterocycles. The van der Waals surface area contributed by atoms with E-state index in [-0.39, 0.29) is 24.7 Å². The van der Waals surface area contributed by atoms with Crippen LogP contribution in [0.3, 0.4) is 0 Å². The van der Waals surface area contributed by atoms with Crippen LogP contribution in [0.1, 0.15) is 6.92 Å². The standard InChI is InChI=1S/C23H22ClNO6S/c1-2-29-23(26)25(32(27,28)22-9-4-3-5-10-22)15-16-30-19-11-13-20(14-12-19)31-21-8-6-7-18(24)17-21/h3-14,17H,2,15-16H2,1H3. The van der Waals surface area contributed by atoms with Gasteiger partial charge in [-0.25, -0.2) is 13.2 Å². The maximum atomic E-state index is 12.9. The van der Waals surface area contributed by atoms with Crippen molar-refractivity contribution in [1.82, 2.24) is 4.31 Å². The molecule has 7 nitrogen and oxygen atoms in total. The molecule has 32 heavy (non-hydrogen) atoms. The Labute approximate surface area is 192 Å². The second-order valence-corrected chi connectivity index (χ2v) is 8.77. The molecule has 0 heterocycles. The number of benzene rings is 3. The van der Waals surface area contributed by atoms with Gasteiger partial charge in [0.1, 0.15) is 23.9 Å². The summed E-state index contributed by atoms with van der Waals surface area (Å²) in [6.45, 7) is 1.39. The molecule has 0 fully saturated rings. The van der Waals surface area contributed by atoms with Crippen LogP contribution >= 0.6 is 11.6 Å². The molecular formula is C23H22ClNO6S. The van der Waals surface area contributed by atoms with Crippen molar-refractivity contribution in [2.75, 3.05) is 19.8 Å². The van der Waals surface area contributed by atoms with E-state index in [2.05, 4.69) is 0 Å². The second-order valence-electron chi connectivity index (χ2n) is 6.47. The quantitative estimate of drug-likeness (QED) is 0.414. The molecule has 0 saturated heterocycles. The van der Waals surface area contributed by atoms with Gasteiger partial charge in [-0.15, -0.1) is 0 Å². The van der Waals surface area contributed by atoms with Crippen molar-refractivity contribution in [3.05, 3.63) is 83.9 Å². The van der Waals surface area contributed by atoms with Crippen LogP contribution in [0, 0.1) is 0 Å². The van der Waals surface area contributed by atoms with Crippen molar-refractivity contribution in [2.45, 2.75) is 11.8 Å². The van der Waals surface area contributed by atoms with Crippen LogP contribution in [0.2, 0.25) is 5.02 Å². The van der Waals surface area contributed by atoms with Gasteiger partial charge in [-0.05, 0) is 61.5 Å². The molecule has 168 valence electrons. The van der Waals surface area contributed by atoms with Crippen LogP contribution in [-0.4, -0.2) is 38.6 Å². The Balaban J connectivity index is 1.63. The summed E-state index contributed by atoms with van der Waals surface area (Å²) in [6.07, 6.45) is -0.953. The van der Waals surface area contributed by atoms with Crippen molar-refractivity contribution < 1.29 is 27.4 Å². The fraction of sp³-hybridized carbons (Fsp3) is 0.174. The zero-order chi connectivity index (χ0) is 23.0. The Hall–Kier alpha value is -3.23. The first-order chi connectivity index (χ1) is 15.4. The van der Waals surface area contributed by atoms with E-state index in [9.17, 15) is 13.2 Å². The first kappa shape index (κ1) is 23.4. The van der Waals surface area contributed by atoms with Gasteiger partial charge in [-0.3, -0.25) is 0 Å². The maximum absolute atomic E-state index is 12.9. The Morgan fingerprint density at radius 1 is 0.906 bits per heavy atom. The van der Waals surface area contributed by atoms with Gasteiger partial charge in [-0.2, -0.15) is 4.31 Å². The van der Waals surface area contributed by atoms with Crippen LogP contribution < -0.4 is 9.47 Å². The van der Waals surface area contributed by atoms with E-state index < -0.39 is 16.1 Å². The molecule has 0 N–H and O–H groups in total. The van der Waals surface area contributed by atoms with Gasteiger partial charge < -0.3 is 14.2 Å². The van der Waals surface area contributed by atoms with Gasteiger partial charge in [0, 0.05) is 5.02 Å². The number of halogens is 1. The van der Waals surface area contributed by atoms with E-state index in [0.29, 0.717) is 26.6 Å². The summed E-state index contributed by atoms with van der Waals surface area (Å²) in [5.41, 5.74) is 0. The first-order valence-electron chi connectivity index (χ1n) is 9.81. The average molecular weight is 476 g/mol. The monoisotopic (exact) mass is 475 g/mol. The molecule has 0 radical (unpaired) electrons. The van der Waals surface area contributed by atoms with Gasteiger partial charge >= 0.3 is 6.09 Å². The Bertz CT molecular complexity index is 1140. The molecule has 0 aliphatic carbocycles. The minimum atomic E-state index is -4.07. The third kappa shape index (κ3) is 6.15. The SMILES string of the molecule is CCOC(=O)N(CCOc1ccc(Oc2cccc(Cl)c2)cc1)S(=O)(=O)c1ccccc1. The number of hydrogen-bond donors (Lipinski definition) is 0. The highest BCUT2D eigenvalue weighted by molar-refractivity contribution is 7.89. The fourth-order valence-corrected chi connectivity index (χ4v) is 4.24. The highest BCUT2D eigenvalue weighted by Crippen LogP contribution is 2.26. The molecule has 3 rings (SSSR count). The number of ether oxygens (including phenoxy) is 3. The molecule has 0 saturated carbocycles. The van der Waals surface area contributed by atoms with Crippen LogP contribution in [0.5, 0.6) is 17.2 Å². The zero-order valence-electron chi connectivity index (χ0n) is 17.3. The number of carbonyl (C=O) groups excluding carboxylic acids is 1. The molecule has 0 bridgehead atoms. The van der Waals surface area contributed by atoms with Crippen LogP contribution in [0.15, 0.2) is 83.8 Å². The minimum absolute atomic E-state index is 0.00410. The normalized spacial score (nSPS) is 10.9. The molecule has 9 heteroatoms. The maximum Gasteiger partial charge on any atom is 0.423 e. The van der Waals surface area contributed by atoms with Crippen molar-refractivity contribution >= 4 is 27.7 Å². The van der Waals surface area contributed by atoms with Crippen LogP contribution in [-0.2, 0) is 14.8 Å². The Kier molecular flexibility index (Phi) is 7.97. The summed E-state index contributed by atoms with van der Waals surface area (Å²) < 4.78 is 42.7. The van der Waals surface area contributed by atoms with Crippen molar-refractivity contribution in [1.29, 1.82) is 0 Å². The fourth-order valence-electron chi connectivity index (χ4n) is 2.74. The summed E-state index contributed by atoms with van der Waals surface area (Å²) >= 11 is 5.95. The number of amides is 1. The highest BCUT2D eigenvalue weighted by atomic mass is 35.5. The average Bonchev–Trinajstić information content (AvgIpc) is 2.78. The van der Waals surface area contributed by atoms with Crippen molar-refractivity contribution in [3.8, 4) is 17.2 Å². The van der Waals surface area contributed by atoms with Crippen LogP contribution in [0.25, 0.3) is 0 Å². The lowest BCUT2D eigenvalue weighted by Crippen LogP contribution is -2.40. The van der Waals surface area contributed by atoms with Crippen molar-refractivity contribution in [3.63, 3.8) is 0 Å². The highest BCUT2D eigenvalue weighted by Gasteiger charge is 2.30. The molecule has 3 aromatic carbocycles. The van der Waals surface area contributed by atoms with E-state index in [1.807, 2.05) is 0 Å². The number of rotatable bonds is 9. The van der Waals surface area contributed by atoms with E-state index in [0.717, 1.165) is 0 Å².